The summed E-state index contributed by atoms with van der Waals surface area (Å²) < 4.78 is 0. The molecule has 9 heteroatoms. The standard InChI is InChI=1S/2C2H5O.3C2H5.Al.4ClH.Mg.Ti/c2*1-2-3;3*1-2;;;;;;;/h2*2H2,1H3;3*1H2,2H3;;4*1H;;/q2*-1;;;;;;;;;+2;+4/p-4. The summed E-state index contributed by atoms with van der Waals surface area (Å²) in [5.74, 6) is 0. The summed E-state index contributed by atoms with van der Waals surface area (Å²) in [5, 5.41) is 22.3. The van der Waals surface area contributed by atoms with Crippen LogP contribution in [0.4, 0.5) is 0 Å². The van der Waals surface area contributed by atoms with E-state index in [2.05, 4.69) is 20.8 Å². The third-order valence-electron chi connectivity index (χ3n) is 1.73. The van der Waals surface area contributed by atoms with Crippen molar-refractivity contribution in [1.82, 2.24) is 0 Å². The van der Waals surface area contributed by atoms with E-state index >= 15 is 0 Å². The smallest absolute Gasteiger partial charge is 1.00 e. The third-order valence-corrected chi connectivity index (χ3v) is 5.20. The van der Waals surface area contributed by atoms with E-state index in [4.69, 9.17) is 10.2 Å². The Hall–Kier alpha value is 3.09. The molecule has 0 aromatic heterocycles. The molecule has 0 radical (unpaired) electrons. The van der Waals surface area contributed by atoms with E-state index in [0.717, 1.165) is 0 Å². The van der Waals surface area contributed by atoms with E-state index in [-0.39, 0.29) is 122 Å². The van der Waals surface area contributed by atoms with Gasteiger partial charge in [-0.2, -0.15) is 0 Å². The molecule has 0 aromatic carbocycles. The molecule has 0 aliphatic heterocycles. The van der Waals surface area contributed by atoms with Crippen LogP contribution in [-0.4, -0.2) is 50.4 Å². The van der Waals surface area contributed by atoms with Gasteiger partial charge in [-0.3, -0.25) is 0 Å². The fourth-order valence-corrected chi connectivity index (χ4v) is 2.60. The molecule has 0 unspecified atom stereocenters. The quantitative estimate of drug-likeness (QED) is 0.428. The Morgan fingerprint density at radius 2 is 0.737 bits per heavy atom. The van der Waals surface area contributed by atoms with Crippen LogP contribution < -0.4 is 59.8 Å². The van der Waals surface area contributed by atoms with Crippen LogP contribution in [0, 0.1) is 0 Å². The maximum absolute atomic E-state index is 8.93. The molecule has 0 aromatic rings. The van der Waals surface area contributed by atoms with Crippen LogP contribution in [0.3, 0.4) is 0 Å². The Bertz CT molecular complexity index is 74.0. The second-order valence-corrected chi connectivity index (χ2v) is 6.85. The monoisotopic (exact) mass is 416 g/mol. The van der Waals surface area contributed by atoms with Crippen LogP contribution in [0.15, 0.2) is 0 Å². The number of halogens is 4. The van der Waals surface area contributed by atoms with E-state index in [9.17, 15) is 0 Å². The number of hydrogen-bond acceptors (Lipinski definition) is 2. The molecule has 114 valence electrons. The molecule has 0 fully saturated rings. The maximum Gasteiger partial charge on any atom is 4.00 e. The van der Waals surface area contributed by atoms with E-state index < -0.39 is 0 Å². The normalized spacial score (nSPS) is 5.21. The van der Waals surface area contributed by atoms with E-state index in [1.165, 1.54) is 15.8 Å². The first-order valence-corrected chi connectivity index (χ1v) is 7.79. The van der Waals surface area contributed by atoms with Gasteiger partial charge in [-0.05, 0) is 0 Å². The molecule has 0 rings (SSSR count). The molecular formula is C10H25AlCl4MgO2Ti. The van der Waals surface area contributed by atoms with Crippen molar-refractivity contribution in [3.63, 3.8) is 0 Å². The molecule has 2 nitrogen and oxygen atoms in total. The van der Waals surface area contributed by atoms with Crippen molar-refractivity contribution in [2.24, 2.45) is 0 Å². The van der Waals surface area contributed by atoms with Gasteiger partial charge < -0.3 is 59.8 Å². The largest absolute Gasteiger partial charge is 4.00 e. The van der Waals surface area contributed by atoms with Crippen LogP contribution >= 0.6 is 0 Å². The first-order valence-electron chi connectivity index (χ1n) is 5.34. The summed E-state index contributed by atoms with van der Waals surface area (Å²) in [6, 6.07) is 0. The molecule has 0 aliphatic rings. The molecule has 0 N–H and O–H groups in total. The second kappa shape index (κ2) is 69.2. The predicted molar refractivity (Wildman–Crippen MR) is 64.0 cm³/mol. The molecule has 0 aliphatic carbocycles. The minimum absolute atomic E-state index is 0. The molecule has 0 atom stereocenters. The third kappa shape index (κ3) is 93.0. The van der Waals surface area contributed by atoms with E-state index in [1.54, 1.807) is 13.8 Å². The van der Waals surface area contributed by atoms with Gasteiger partial charge >= 0.3 is 44.8 Å². The van der Waals surface area contributed by atoms with E-state index in [0.29, 0.717) is 0 Å². The van der Waals surface area contributed by atoms with Gasteiger partial charge in [-0.25, -0.2) is 0 Å². The van der Waals surface area contributed by atoms with Crippen molar-refractivity contribution < 1.29 is 81.6 Å². The summed E-state index contributed by atoms with van der Waals surface area (Å²) in [6.07, 6.45) is 0. The summed E-state index contributed by atoms with van der Waals surface area (Å²) in [7, 11) is 0. The number of rotatable bonds is 3. The van der Waals surface area contributed by atoms with Gasteiger partial charge in [-0.1, -0.05) is 50.5 Å². The van der Waals surface area contributed by atoms with Gasteiger partial charge in [0.15, 0.2) is 0 Å². The van der Waals surface area contributed by atoms with Crippen molar-refractivity contribution in [2.75, 3.05) is 13.2 Å². The average molecular weight is 418 g/mol. The topological polar surface area (TPSA) is 46.1 Å². The molecule has 0 spiro atoms. The second-order valence-electron chi connectivity index (χ2n) is 2.67. The Balaban J connectivity index is -0.0000000107. The average Bonchev–Trinajstić information content (AvgIpc) is 2.10. The van der Waals surface area contributed by atoms with Crippen molar-refractivity contribution in [2.45, 2.75) is 50.5 Å². The zero-order valence-electron chi connectivity index (χ0n) is 12.6. The van der Waals surface area contributed by atoms with Crippen LogP contribution in [0.1, 0.15) is 34.6 Å². The first-order chi connectivity index (χ1) is 6.17. The number of hydrogen-bond donors (Lipinski definition) is 0. The van der Waals surface area contributed by atoms with Gasteiger partial charge in [-0.15, -0.1) is 13.2 Å². The van der Waals surface area contributed by atoms with Crippen LogP contribution in [0.2, 0.25) is 15.8 Å². The van der Waals surface area contributed by atoms with Crippen molar-refractivity contribution in [3.8, 4) is 0 Å². The molecule has 0 amide bonds. The van der Waals surface area contributed by atoms with Crippen molar-refractivity contribution in [1.29, 1.82) is 0 Å². The SMILES string of the molecule is CC[O-].CC[O-].C[CH2][Al]([CH2]C)[CH2]C.[Cl-].[Cl-].[Cl-].[Cl-].[Mg+2].[Ti+4]. The summed E-state index contributed by atoms with van der Waals surface area (Å²) in [6.45, 7) is 10.1. The maximum atomic E-state index is 8.93. The molecule has 0 heterocycles. The van der Waals surface area contributed by atoms with Gasteiger partial charge in [0, 0.05) is 0 Å². The zero-order valence-corrected chi connectivity index (χ0v) is 19.8. The predicted octanol–water partition coefficient (Wildman–Crippen LogP) is -11.1. The van der Waals surface area contributed by atoms with Gasteiger partial charge in [0.2, 0.25) is 0 Å². The summed E-state index contributed by atoms with van der Waals surface area (Å²) >= 11 is -0.171. The Morgan fingerprint density at radius 1 is 0.632 bits per heavy atom. The van der Waals surface area contributed by atoms with Crippen LogP contribution in [0.5, 0.6) is 0 Å². The molecular weight excluding hydrogens is 393 g/mol. The van der Waals surface area contributed by atoms with Crippen LogP contribution in [0.25, 0.3) is 0 Å². The van der Waals surface area contributed by atoms with Gasteiger partial charge in [0.25, 0.3) is 14.1 Å². The molecule has 0 saturated carbocycles. The Kier molecular flexibility index (Phi) is 209. The molecule has 0 bridgehead atoms. The van der Waals surface area contributed by atoms with Gasteiger partial charge in [0.1, 0.15) is 0 Å². The fraction of sp³-hybridized carbons (Fsp3) is 1.00. The zero-order chi connectivity index (χ0) is 11.1. The summed E-state index contributed by atoms with van der Waals surface area (Å²) in [4.78, 5) is 0. The minimum Gasteiger partial charge on any atom is -1.00 e. The van der Waals surface area contributed by atoms with Crippen molar-refractivity contribution >= 4 is 37.2 Å². The molecule has 19 heavy (non-hydrogen) atoms. The van der Waals surface area contributed by atoms with Crippen LogP contribution in [-0.2, 0) is 21.7 Å². The van der Waals surface area contributed by atoms with Gasteiger partial charge in [0.05, 0.1) is 0 Å². The molecule has 0 saturated heterocycles. The fourth-order valence-electron chi connectivity index (χ4n) is 0.866. The summed E-state index contributed by atoms with van der Waals surface area (Å²) in [5.41, 5.74) is 0. The van der Waals surface area contributed by atoms with Crippen molar-refractivity contribution in [3.05, 3.63) is 0 Å². The Morgan fingerprint density at radius 3 is 0.737 bits per heavy atom. The Labute approximate surface area is 180 Å². The minimum atomic E-state index is -0.171. The van der Waals surface area contributed by atoms with E-state index in [1.807, 2.05) is 0 Å². The first kappa shape index (κ1) is 57.3.